The van der Waals surface area contributed by atoms with Crippen molar-refractivity contribution in [2.24, 2.45) is 0 Å². The van der Waals surface area contributed by atoms with Gasteiger partial charge in [-0.1, -0.05) is 6.58 Å². The predicted octanol–water partition coefficient (Wildman–Crippen LogP) is -0.562. The van der Waals surface area contributed by atoms with Gasteiger partial charge in [0.15, 0.2) is 0 Å². The van der Waals surface area contributed by atoms with Crippen molar-refractivity contribution >= 4 is 5.97 Å². The molecule has 0 amide bonds. The lowest BCUT2D eigenvalue weighted by atomic mass is 10.4. The topological polar surface area (TPSA) is 99.8 Å². The summed E-state index contributed by atoms with van der Waals surface area (Å²) in [5, 5.41) is 17.5. The molecule has 0 aromatic carbocycles. The zero-order valence-electron chi connectivity index (χ0n) is 7.18. The normalized spacial score (nSPS) is 7.36. The Morgan fingerprint density at radius 3 is 1.64 bits per heavy atom. The highest BCUT2D eigenvalue weighted by Crippen LogP contribution is 1.81. The van der Waals surface area contributed by atoms with Gasteiger partial charge in [0.2, 0.25) is 0 Å². The van der Waals surface area contributed by atoms with Crippen LogP contribution in [0.3, 0.4) is 0 Å². The van der Waals surface area contributed by atoms with Crippen molar-refractivity contribution in [3.63, 3.8) is 0 Å². The van der Waals surface area contributed by atoms with Gasteiger partial charge in [0.1, 0.15) is 0 Å². The van der Waals surface area contributed by atoms with Crippen molar-refractivity contribution in [3.05, 3.63) is 17.4 Å². The van der Waals surface area contributed by atoms with E-state index >= 15 is 0 Å². The van der Waals surface area contributed by atoms with Crippen molar-refractivity contribution in [2.45, 2.75) is 6.92 Å². The zero-order valence-corrected chi connectivity index (χ0v) is 7.18. The summed E-state index contributed by atoms with van der Waals surface area (Å²) in [5.74, 6) is -0.935. The lowest BCUT2D eigenvalue weighted by Crippen LogP contribution is -3.00. The van der Waals surface area contributed by atoms with Crippen LogP contribution in [0.4, 0.5) is 0 Å². The molecule has 5 N–H and O–H groups in total. The van der Waals surface area contributed by atoms with E-state index in [9.17, 15) is 10.0 Å². The van der Waals surface area contributed by atoms with Crippen LogP contribution in [0.2, 0.25) is 0 Å². The number of carbonyl (C=O) groups is 1. The minimum atomic E-state index is -0.935. The molecule has 0 aromatic rings. The standard InChI is InChI=1S/C4H6O2.C2H7NO.H3N/c1-3(2)4(5)6;1-3(2)4;/h1H2,2H3,(H,5,6);3H,1-2H3;1H3. The van der Waals surface area contributed by atoms with E-state index < -0.39 is 5.97 Å². The fourth-order valence-corrected chi connectivity index (χ4v) is 0. The van der Waals surface area contributed by atoms with Crippen LogP contribution < -0.4 is 11.2 Å². The first kappa shape index (κ1) is 16.6. The zero-order chi connectivity index (χ0) is 8.73. The number of rotatable bonds is 1. The van der Waals surface area contributed by atoms with Crippen LogP contribution in [0.25, 0.3) is 0 Å². The summed E-state index contributed by atoms with van der Waals surface area (Å²) >= 11 is 0. The highest BCUT2D eigenvalue weighted by atomic mass is 16.5. The Kier molecular flexibility index (Phi) is 13.7. The van der Waals surface area contributed by atoms with E-state index in [-0.39, 0.29) is 16.8 Å². The molecular formula is C6H16N2O3. The molecule has 0 aromatic heterocycles. The van der Waals surface area contributed by atoms with Crippen molar-refractivity contribution < 1.29 is 15.0 Å². The summed E-state index contributed by atoms with van der Waals surface area (Å²) in [6.07, 6.45) is 0. The summed E-state index contributed by atoms with van der Waals surface area (Å²) in [5.41, 5.74) is 0.176. The van der Waals surface area contributed by atoms with Gasteiger partial charge in [0.25, 0.3) is 0 Å². The number of hydroxylamine groups is 2. The van der Waals surface area contributed by atoms with Crippen molar-refractivity contribution in [1.82, 2.24) is 6.15 Å². The third kappa shape index (κ3) is 47.9. The number of hydrogen-bond acceptors (Lipinski definition) is 3. The quantitative estimate of drug-likeness (QED) is 0.357. The molecule has 0 spiro atoms. The molecule has 0 fully saturated rings. The molecule has 0 aliphatic rings. The Bertz CT molecular complexity index is 108. The molecule has 0 unspecified atom stereocenters. The molecule has 11 heavy (non-hydrogen) atoms. The molecule has 0 radical (unpaired) electrons. The molecule has 0 rings (SSSR count). The minimum Gasteiger partial charge on any atom is -0.635 e. The number of quaternary nitrogens is 1. The van der Waals surface area contributed by atoms with E-state index in [1.54, 1.807) is 0 Å². The first-order chi connectivity index (χ1) is 4.37. The lowest BCUT2D eigenvalue weighted by Gasteiger charge is -2.04. The first-order valence-electron chi connectivity index (χ1n) is 2.74. The average molecular weight is 164 g/mol. The largest absolute Gasteiger partial charge is 0.635 e. The fourth-order valence-electron chi connectivity index (χ4n) is 0. The van der Waals surface area contributed by atoms with Crippen LogP contribution >= 0.6 is 0 Å². The van der Waals surface area contributed by atoms with Crippen molar-refractivity contribution in [1.29, 1.82) is 0 Å². The van der Waals surface area contributed by atoms with Gasteiger partial charge in [0, 0.05) is 5.57 Å². The van der Waals surface area contributed by atoms with Crippen LogP contribution in [0.5, 0.6) is 0 Å². The highest BCUT2D eigenvalue weighted by Gasteiger charge is 1.90. The van der Waals surface area contributed by atoms with E-state index in [0.29, 0.717) is 0 Å². The number of hydrogen-bond donors (Lipinski definition) is 3. The summed E-state index contributed by atoms with van der Waals surface area (Å²) in [7, 11) is 3.06. The molecule has 5 nitrogen and oxygen atoms in total. The Morgan fingerprint density at radius 1 is 1.55 bits per heavy atom. The molecule has 0 saturated heterocycles. The van der Waals surface area contributed by atoms with Gasteiger partial charge in [-0.3, -0.25) is 0 Å². The summed E-state index contributed by atoms with van der Waals surface area (Å²) in [6.45, 7) is 4.60. The average Bonchev–Trinajstić information content (AvgIpc) is 1.63. The first-order valence-corrected chi connectivity index (χ1v) is 2.74. The van der Waals surface area contributed by atoms with E-state index in [4.69, 9.17) is 5.11 Å². The van der Waals surface area contributed by atoms with Gasteiger partial charge < -0.3 is 21.5 Å². The number of aliphatic carboxylic acids is 1. The van der Waals surface area contributed by atoms with Gasteiger partial charge in [-0.15, -0.1) is 0 Å². The second kappa shape index (κ2) is 9.09. The molecule has 0 aliphatic carbocycles. The molecule has 0 bridgehead atoms. The molecule has 68 valence electrons. The Balaban J connectivity index is -0.000000114. The van der Waals surface area contributed by atoms with E-state index in [1.165, 1.54) is 21.0 Å². The van der Waals surface area contributed by atoms with Crippen molar-refractivity contribution in [2.75, 3.05) is 14.1 Å². The van der Waals surface area contributed by atoms with Crippen LogP contribution in [0.1, 0.15) is 6.92 Å². The highest BCUT2D eigenvalue weighted by molar-refractivity contribution is 5.84. The monoisotopic (exact) mass is 164 g/mol. The van der Waals surface area contributed by atoms with Crippen LogP contribution in [0, 0.1) is 5.21 Å². The molecule has 0 aliphatic heterocycles. The maximum absolute atomic E-state index is 9.60. The van der Waals surface area contributed by atoms with Gasteiger partial charge in [-0.05, 0) is 6.92 Å². The minimum absolute atomic E-state index is 0. The second-order valence-corrected chi connectivity index (χ2v) is 1.99. The van der Waals surface area contributed by atoms with Gasteiger partial charge in [-0.2, -0.15) is 0 Å². The Hall–Kier alpha value is -0.910. The summed E-state index contributed by atoms with van der Waals surface area (Å²) in [4.78, 5) is 9.60. The van der Waals surface area contributed by atoms with Crippen LogP contribution in [-0.4, -0.2) is 25.2 Å². The summed E-state index contributed by atoms with van der Waals surface area (Å²) < 4.78 is 0. The third-order valence-electron chi connectivity index (χ3n) is 0.365. The Labute approximate surface area is 66.5 Å². The molecule has 0 atom stereocenters. The molecular weight excluding hydrogens is 148 g/mol. The lowest BCUT2D eigenvalue weighted by molar-refractivity contribution is -0.802. The number of nitrogens with one attached hydrogen (secondary N) is 1. The van der Waals surface area contributed by atoms with Crippen LogP contribution in [-0.2, 0) is 4.79 Å². The maximum Gasteiger partial charge on any atom is 0.330 e. The van der Waals surface area contributed by atoms with E-state index in [2.05, 4.69) is 6.58 Å². The van der Waals surface area contributed by atoms with E-state index in [0.717, 1.165) is 0 Å². The van der Waals surface area contributed by atoms with Crippen LogP contribution in [0.15, 0.2) is 12.2 Å². The van der Waals surface area contributed by atoms with Gasteiger partial charge in [0.05, 0.1) is 14.1 Å². The van der Waals surface area contributed by atoms with Gasteiger partial charge >= 0.3 is 5.97 Å². The van der Waals surface area contributed by atoms with Gasteiger partial charge in [-0.25, -0.2) is 4.79 Å². The maximum atomic E-state index is 9.60. The predicted molar refractivity (Wildman–Crippen MR) is 43.6 cm³/mol. The molecule has 5 heteroatoms. The number of carboxylic acid groups (broad SMARTS) is 1. The SMILES string of the molecule is C=C(C)C(=O)O.C[NH+](C)[O-].N. The second-order valence-electron chi connectivity index (χ2n) is 1.99. The van der Waals surface area contributed by atoms with Crippen molar-refractivity contribution in [3.8, 4) is 0 Å². The summed E-state index contributed by atoms with van der Waals surface area (Å²) in [6, 6.07) is 0. The van der Waals surface area contributed by atoms with E-state index in [1.807, 2.05) is 0 Å². The number of carboxylic acids is 1. The molecule has 0 saturated carbocycles. The molecule has 0 heterocycles. The third-order valence-corrected chi connectivity index (χ3v) is 0.365. The fraction of sp³-hybridized carbons (Fsp3) is 0.500. The smallest absolute Gasteiger partial charge is 0.330 e. The Morgan fingerprint density at radius 2 is 1.64 bits per heavy atom.